The topological polar surface area (TPSA) is 87.7 Å². The third kappa shape index (κ3) is 4.96. The zero-order valence-corrected chi connectivity index (χ0v) is 18.3. The fourth-order valence-corrected chi connectivity index (χ4v) is 3.55. The summed E-state index contributed by atoms with van der Waals surface area (Å²) in [5, 5.41) is 5.62. The van der Waals surface area contributed by atoms with Crippen molar-refractivity contribution in [1.29, 1.82) is 0 Å². The molecule has 1 aliphatic rings. The molecule has 0 aromatic heterocycles. The monoisotopic (exact) mass is 439 g/mol. The van der Waals surface area contributed by atoms with Gasteiger partial charge in [-0.15, -0.1) is 0 Å². The Balaban J connectivity index is 1.83. The van der Waals surface area contributed by atoms with E-state index in [1.165, 1.54) is 31.4 Å². The molecule has 0 radical (unpaired) electrons. The van der Waals surface area contributed by atoms with E-state index in [9.17, 15) is 18.8 Å². The molecule has 2 N–H and O–H groups in total. The Bertz CT molecular complexity index is 1030. The van der Waals surface area contributed by atoms with E-state index in [-0.39, 0.29) is 11.9 Å². The predicted octanol–water partition coefficient (Wildman–Crippen LogP) is 4.39. The SMILES string of the molecule is CCCCN1C(=O)NC(c2ccc(NC(=O)c3ccc(F)cc3)cc2)C(C(=O)OC)=C1C. The number of carbonyl (C=O) groups is 3. The van der Waals surface area contributed by atoms with Gasteiger partial charge >= 0.3 is 12.0 Å². The Kier molecular flexibility index (Phi) is 7.25. The van der Waals surface area contributed by atoms with E-state index in [0.717, 1.165) is 12.8 Å². The molecule has 8 heteroatoms. The number of carbonyl (C=O) groups excluding carboxylic acids is 3. The highest BCUT2D eigenvalue weighted by molar-refractivity contribution is 6.04. The molecular weight excluding hydrogens is 413 g/mol. The summed E-state index contributed by atoms with van der Waals surface area (Å²) in [4.78, 5) is 39.1. The molecule has 1 heterocycles. The summed E-state index contributed by atoms with van der Waals surface area (Å²) in [5.41, 5.74) is 2.45. The van der Waals surface area contributed by atoms with Crippen LogP contribution in [0.2, 0.25) is 0 Å². The highest BCUT2D eigenvalue weighted by Crippen LogP contribution is 2.32. The molecule has 7 nitrogen and oxygen atoms in total. The Morgan fingerprint density at radius 1 is 1.12 bits per heavy atom. The first-order valence-corrected chi connectivity index (χ1v) is 10.4. The van der Waals surface area contributed by atoms with Crippen LogP contribution < -0.4 is 10.6 Å². The van der Waals surface area contributed by atoms with Crippen molar-refractivity contribution in [3.8, 4) is 0 Å². The standard InChI is InChI=1S/C24H26FN3O4/c1-4-5-14-28-15(2)20(23(30)32-3)21(27-24(28)31)16-8-12-19(13-9-16)26-22(29)17-6-10-18(25)11-7-17/h6-13,21H,4-5,14H2,1-3H3,(H,26,29)(H,27,31). The summed E-state index contributed by atoms with van der Waals surface area (Å²) < 4.78 is 18.0. The lowest BCUT2D eigenvalue weighted by molar-refractivity contribution is -0.136. The number of hydrogen-bond donors (Lipinski definition) is 2. The number of rotatable bonds is 7. The van der Waals surface area contributed by atoms with Crippen LogP contribution in [0.1, 0.15) is 48.7 Å². The molecule has 1 aliphatic heterocycles. The van der Waals surface area contributed by atoms with E-state index in [1.54, 1.807) is 36.1 Å². The number of nitrogens with one attached hydrogen (secondary N) is 2. The average Bonchev–Trinajstić information content (AvgIpc) is 2.79. The molecule has 2 aromatic carbocycles. The molecule has 3 rings (SSSR count). The van der Waals surface area contributed by atoms with Crippen molar-refractivity contribution in [1.82, 2.24) is 10.2 Å². The number of hydrogen-bond acceptors (Lipinski definition) is 4. The second-order valence-corrected chi connectivity index (χ2v) is 7.46. The van der Waals surface area contributed by atoms with Crippen LogP contribution in [-0.4, -0.2) is 36.5 Å². The first-order chi connectivity index (χ1) is 15.3. The summed E-state index contributed by atoms with van der Waals surface area (Å²) >= 11 is 0. The van der Waals surface area contributed by atoms with Crippen LogP contribution >= 0.6 is 0 Å². The summed E-state index contributed by atoms with van der Waals surface area (Å²) in [7, 11) is 1.31. The lowest BCUT2D eigenvalue weighted by Gasteiger charge is -2.35. The third-order valence-electron chi connectivity index (χ3n) is 5.35. The van der Waals surface area contributed by atoms with Crippen molar-refractivity contribution in [2.75, 3.05) is 19.0 Å². The van der Waals surface area contributed by atoms with Crippen LogP contribution in [0.4, 0.5) is 14.9 Å². The minimum atomic E-state index is -0.672. The zero-order valence-electron chi connectivity index (χ0n) is 18.3. The van der Waals surface area contributed by atoms with Gasteiger partial charge in [-0.1, -0.05) is 25.5 Å². The second kappa shape index (κ2) is 10.1. The van der Waals surface area contributed by atoms with E-state index in [0.29, 0.717) is 34.6 Å². The van der Waals surface area contributed by atoms with Crippen molar-refractivity contribution >= 4 is 23.6 Å². The molecule has 0 spiro atoms. The Morgan fingerprint density at radius 2 is 1.78 bits per heavy atom. The summed E-state index contributed by atoms with van der Waals surface area (Å²) in [6.45, 7) is 4.28. The number of urea groups is 1. The normalized spacial score (nSPS) is 15.9. The van der Waals surface area contributed by atoms with Crippen molar-refractivity contribution in [3.63, 3.8) is 0 Å². The summed E-state index contributed by atoms with van der Waals surface area (Å²) in [6, 6.07) is 11.1. The molecule has 0 aliphatic carbocycles. The predicted molar refractivity (Wildman–Crippen MR) is 118 cm³/mol. The van der Waals surface area contributed by atoms with Gasteiger partial charge in [0.1, 0.15) is 5.82 Å². The van der Waals surface area contributed by atoms with Crippen LogP contribution in [-0.2, 0) is 9.53 Å². The molecule has 0 saturated heterocycles. The van der Waals surface area contributed by atoms with Gasteiger partial charge in [-0.2, -0.15) is 0 Å². The maximum Gasteiger partial charge on any atom is 0.337 e. The van der Waals surface area contributed by atoms with Crippen LogP contribution in [0.5, 0.6) is 0 Å². The van der Waals surface area contributed by atoms with Gasteiger partial charge in [0, 0.05) is 23.5 Å². The third-order valence-corrected chi connectivity index (χ3v) is 5.35. The zero-order chi connectivity index (χ0) is 23.3. The van der Waals surface area contributed by atoms with E-state index in [1.807, 2.05) is 6.92 Å². The van der Waals surface area contributed by atoms with E-state index in [2.05, 4.69) is 10.6 Å². The van der Waals surface area contributed by atoms with E-state index in [4.69, 9.17) is 4.74 Å². The number of esters is 1. The summed E-state index contributed by atoms with van der Waals surface area (Å²) in [6.07, 6.45) is 1.73. The number of benzene rings is 2. The second-order valence-electron chi connectivity index (χ2n) is 7.46. The van der Waals surface area contributed by atoms with E-state index < -0.39 is 17.8 Å². The Morgan fingerprint density at radius 3 is 2.38 bits per heavy atom. The molecule has 0 fully saturated rings. The van der Waals surface area contributed by atoms with Crippen LogP contribution in [0, 0.1) is 5.82 Å². The average molecular weight is 439 g/mol. The number of halogens is 1. The maximum atomic E-state index is 13.1. The largest absolute Gasteiger partial charge is 0.466 e. The van der Waals surface area contributed by atoms with Gasteiger partial charge in [0.05, 0.1) is 18.7 Å². The lowest BCUT2D eigenvalue weighted by atomic mass is 9.94. The number of ether oxygens (including phenoxy) is 1. The number of anilines is 1. The smallest absolute Gasteiger partial charge is 0.337 e. The van der Waals surface area contributed by atoms with Crippen LogP contribution in [0.3, 0.4) is 0 Å². The first-order valence-electron chi connectivity index (χ1n) is 10.4. The Labute approximate surface area is 186 Å². The van der Waals surface area contributed by atoms with E-state index >= 15 is 0 Å². The first kappa shape index (κ1) is 23.0. The number of amides is 3. The highest BCUT2D eigenvalue weighted by Gasteiger charge is 2.35. The highest BCUT2D eigenvalue weighted by atomic mass is 19.1. The minimum absolute atomic E-state index is 0.276. The molecule has 168 valence electrons. The number of allylic oxidation sites excluding steroid dienone is 1. The quantitative estimate of drug-likeness (QED) is 0.627. The van der Waals surface area contributed by atoms with Gasteiger partial charge in [0.25, 0.3) is 5.91 Å². The van der Waals surface area contributed by atoms with Crippen molar-refractivity contribution < 1.29 is 23.5 Å². The number of unbranched alkanes of at least 4 members (excludes halogenated alkanes) is 1. The molecular formula is C24H26FN3O4. The van der Waals surface area contributed by atoms with Gasteiger partial charge in [0.15, 0.2) is 0 Å². The molecule has 3 amide bonds. The van der Waals surface area contributed by atoms with Gasteiger partial charge < -0.3 is 15.4 Å². The molecule has 0 bridgehead atoms. The maximum absolute atomic E-state index is 13.1. The molecule has 1 unspecified atom stereocenters. The Hall–Kier alpha value is -3.68. The lowest BCUT2D eigenvalue weighted by Crippen LogP contribution is -2.48. The fraction of sp³-hybridized carbons (Fsp3) is 0.292. The molecule has 0 saturated carbocycles. The summed E-state index contributed by atoms with van der Waals surface area (Å²) in [5.74, 6) is -1.30. The molecule has 32 heavy (non-hydrogen) atoms. The van der Waals surface area contributed by atoms with Gasteiger partial charge in [-0.25, -0.2) is 14.0 Å². The number of methoxy groups -OCH3 is 1. The van der Waals surface area contributed by atoms with Gasteiger partial charge in [-0.3, -0.25) is 9.69 Å². The van der Waals surface area contributed by atoms with Crippen LogP contribution in [0.25, 0.3) is 0 Å². The van der Waals surface area contributed by atoms with Crippen molar-refractivity contribution in [2.24, 2.45) is 0 Å². The van der Waals surface area contributed by atoms with Crippen molar-refractivity contribution in [2.45, 2.75) is 32.7 Å². The molecule has 2 aromatic rings. The van der Waals surface area contributed by atoms with Crippen molar-refractivity contribution in [3.05, 3.63) is 76.7 Å². The fourth-order valence-electron chi connectivity index (χ4n) is 3.55. The van der Waals surface area contributed by atoms with Crippen LogP contribution in [0.15, 0.2) is 59.8 Å². The molecule has 1 atom stereocenters. The number of nitrogens with zero attached hydrogens (tertiary/aromatic N) is 1. The van der Waals surface area contributed by atoms with Gasteiger partial charge in [-0.05, 0) is 55.3 Å². The van der Waals surface area contributed by atoms with Gasteiger partial charge in [0.2, 0.25) is 0 Å². The minimum Gasteiger partial charge on any atom is -0.466 e.